The van der Waals surface area contributed by atoms with E-state index in [-0.39, 0.29) is 6.61 Å². The molecule has 12 nitrogen and oxygen atoms in total. The lowest BCUT2D eigenvalue weighted by Crippen LogP contribution is -2.38. The first kappa shape index (κ1) is 19.1. The number of rotatable bonds is 5. The van der Waals surface area contributed by atoms with Gasteiger partial charge in [-0.3, -0.25) is 14.3 Å². The molecule has 26 heavy (non-hydrogen) atoms. The predicted octanol–water partition coefficient (Wildman–Crippen LogP) is -4.39. The Hall–Kier alpha value is -1.64. The van der Waals surface area contributed by atoms with Crippen LogP contribution in [0, 0.1) is 0 Å². The maximum Gasteiger partial charge on any atom is 0.330 e. The van der Waals surface area contributed by atoms with Crippen molar-refractivity contribution in [2.75, 3.05) is 13.2 Å². The molecule has 6 N–H and O–H groups in total. The van der Waals surface area contributed by atoms with Gasteiger partial charge in [-0.15, -0.1) is 0 Å². The van der Waals surface area contributed by atoms with Gasteiger partial charge in [0, 0.05) is 12.3 Å². The number of nitrogens with one attached hydrogen (secondary N) is 1. The number of aromatic amines is 1. The van der Waals surface area contributed by atoms with Gasteiger partial charge in [-0.2, -0.15) is 0 Å². The quantitative estimate of drug-likeness (QED) is 0.293. The van der Waals surface area contributed by atoms with Crippen LogP contribution in [-0.2, 0) is 14.2 Å². The van der Waals surface area contributed by atoms with Crippen LogP contribution in [-0.4, -0.2) is 91.2 Å². The molecule has 0 saturated carbocycles. The molecular formula is C14H20N2O10. The summed E-state index contributed by atoms with van der Waals surface area (Å²) in [6, 6.07) is 1.06. The number of aliphatic hydroxyl groups is 5. The van der Waals surface area contributed by atoms with Crippen LogP contribution in [0.3, 0.4) is 0 Å². The molecule has 3 rings (SSSR count). The van der Waals surface area contributed by atoms with Gasteiger partial charge in [0.05, 0.1) is 13.2 Å². The van der Waals surface area contributed by atoms with Crippen molar-refractivity contribution < 1.29 is 39.7 Å². The molecule has 2 aliphatic heterocycles. The Kier molecular flexibility index (Phi) is 5.55. The maximum absolute atomic E-state index is 11.8. The van der Waals surface area contributed by atoms with E-state index in [1.807, 2.05) is 4.98 Å². The molecule has 3 heterocycles. The minimum atomic E-state index is -1.47. The van der Waals surface area contributed by atoms with Crippen molar-refractivity contribution in [3.63, 3.8) is 0 Å². The third kappa shape index (κ3) is 3.45. The average Bonchev–Trinajstić information content (AvgIpc) is 3.04. The summed E-state index contributed by atoms with van der Waals surface area (Å²) < 4.78 is 16.8. The molecule has 1 aromatic rings. The number of aliphatic hydroxyl groups excluding tert-OH is 5. The molecule has 0 aromatic carbocycles. The zero-order valence-corrected chi connectivity index (χ0v) is 13.4. The van der Waals surface area contributed by atoms with E-state index in [9.17, 15) is 30.0 Å². The van der Waals surface area contributed by atoms with Crippen LogP contribution >= 0.6 is 0 Å². The van der Waals surface area contributed by atoms with Crippen molar-refractivity contribution in [3.05, 3.63) is 33.1 Å². The molecule has 146 valence electrons. The van der Waals surface area contributed by atoms with E-state index in [0.717, 1.165) is 16.8 Å². The largest absolute Gasteiger partial charge is 0.394 e. The molecule has 2 saturated heterocycles. The summed E-state index contributed by atoms with van der Waals surface area (Å²) in [5.41, 5.74) is -1.44. The van der Waals surface area contributed by atoms with Gasteiger partial charge >= 0.3 is 5.69 Å². The molecule has 12 heteroatoms. The second-order valence-electron chi connectivity index (χ2n) is 6.10. The second kappa shape index (κ2) is 7.54. The van der Waals surface area contributed by atoms with Gasteiger partial charge in [0.25, 0.3) is 5.56 Å². The summed E-state index contributed by atoms with van der Waals surface area (Å²) in [7, 11) is 0. The van der Waals surface area contributed by atoms with E-state index in [1.54, 1.807) is 0 Å². The van der Waals surface area contributed by atoms with Gasteiger partial charge in [0.15, 0.2) is 12.5 Å². The standard InChI is InChI=1S/C14H20N2O10/c17-3-5-8(19)11(22)13(26-5)24-4-6-9(20)10(21)12(25-6)16-2-1-7(18)15-14(16)23/h1-2,5-6,8-13,17,19-22H,3-4H2,(H,15,18,23)/t5-,6-,8-,9-,10-,11-,12-,13-/m1/s1. The minimum absolute atomic E-state index is 0.334. The Morgan fingerprint density at radius 1 is 1.04 bits per heavy atom. The van der Waals surface area contributed by atoms with Crippen LogP contribution in [0.25, 0.3) is 0 Å². The SMILES string of the molecule is O=c1ccn([C@@H]2O[C@H](CO[C@@H]3O[C@H](CO)[C@@H](O)[C@H]3O)[C@@H](O)[C@H]2O)c(=O)[nH]1. The summed E-state index contributed by atoms with van der Waals surface area (Å²) in [4.78, 5) is 24.9. The molecule has 2 fully saturated rings. The summed E-state index contributed by atoms with van der Waals surface area (Å²) >= 11 is 0. The lowest BCUT2D eigenvalue weighted by Gasteiger charge is -2.20. The Bertz CT molecular complexity index is 735. The fourth-order valence-corrected chi connectivity index (χ4v) is 2.92. The van der Waals surface area contributed by atoms with Gasteiger partial charge in [-0.25, -0.2) is 4.79 Å². The van der Waals surface area contributed by atoms with E-state index in [4.69, 9.17) is 19.3 Å². The van der Waals surface area contributed by atoms with Crippen LogP contribution in [0.15, 0.2) is 21.9 Å². The number of H-pyrrole nitrogens is 1. The third-order valence-electron chi connectivity index (χ3n) is 4.39. The topological polar surface area (TPSA) is 184 Å². The molecule has 0 spiro atoms. The summed E-state index contributed by atoms with van der Waals surface area (Å²) in [5, 5.41) is 48.7. The third-order valence-corrected chi connectivity index (χ3v) is 4.39. The van der Waals surface area contributed by atoms with Crippen molar-refractivity contribution in [2.45, 2.75) is 49.1 Å². The van der Waals surface area contributed by atoms with E-state index < -0.39 is 67.0 Å². The summed E-state index contributed by atoms with van der Waals surface area (Å²) in [5.74, 6) is 0. The van der Waals surface area contributed by atoms with Gasteiger partial charge in [-0.05, 0) is 0 Å². The number of ether oxygens (including phenoxy) is 3. The minimum Gasteiger partial charge on any atom is -0.394 e. The predicted molar refractivity (Wildman–Crippen MR) is 81.0 cm³/mol. The lowest BCUT2D eigenvalue weighted by atomic mass is 10.1. The fraction of sp³-hybridized carbons (Fsp3) is 0.714. The fourth-order valence-electron chi connectivity index (χ4n) is 2.92. The van der Waals surface area contributed by atoms with Gasteiger partial charge in [-0.1, -0.05) is 0 Å². The molecule has 0 amide bonds. The molecule has 2 aliphatic rings. The highest BCUT2D eigenvalue weighted by molar-refractivity contribution is 4.93. The van der Waals surface area contributed by atoms with Crippen molar-refractivity contribution in [1.29, 1.82) is 0 Å². The van der Waals surface area contributed by atoms with Crippen LogP contribution in [0.2, 0.25) is 0 Å². The first-order valence-electron chi connectivity index (χ1n) is 7.90. The normalized spacial score (nSPS) is 40.2. The van der Waals surface area contributed by atoms with Crippen LogP contribution in [0.5, 0.6) is 0 Å². The van der Waals surface area contributed by atoms with Gasteiger partial charge in [0.2, 0.25) is 0 Å². The van der Waals surface area contributed by atoms with Crippen molar-refractivity contribution in [1.82, 2.24) is 9.55 Å². The molecule has 0 aliphatic carbocycles. The molecule has 0 bridgehead atoms. The van der Waals surface area contributed by atoms with Crippen molar-refractivity contribution in [3.8, 4) is 0 Å². The van der Waals surface area contributed by atoms with Crippen LogP contribution < -0.4 is 11.2 Å². The van der Waals surface area contributed by atoms with Crippen molar-refractivity contribution >= 4 is 0 Å². The van der Waals surface area contributed by atoms with E-state index in [0.29, 0.717) is 0 Å². The highest BCUT2D eigenvalue weighted by Crippen LogP contribution is 2.29. The zero-order valence-electron chi connectivity index (χ0n) is 13.4. The van der Waals surface area contributed by atoms with Gasteiger partial charge in [0.1, 0.15) is 36.6 Å². The number of hydrogen-bond donors (Lipinski definition) is 6. The Labute approximate surface area is 145 Å². The first-order chi connectivity index (χ1) is 12.3. The Morgan fingerprint density at radius 2 is 1.73 bits per heavy atom. The monoisotopic (exact) mass is 376 g/mol. The highest BCUT2D eigenvalue weighted by Gasteiger charge is 2.47. The maximum atomic E-state index is 11.8. The van der Waals surface area contributed by atoms with E-state index in [1.165, 1.54) is 0 Å². The lowest BCUT2D eigenvalue weighted by molar-refractivity contribution is -0.190. The Morgan fingerprint density at radius 3 is 2.35 bits per heavy atom. The van der Waals surface area contributed by atoms with E-state index in [2.05, 4.69) is 0 Å². The molecule has 8 atom stereocenters. The number of nitrogens with zero attached hydrogens (tertiary/aromatic N) is 1. The molecule has 0 unspecified atom stereocenters. The smallest absolute Gasteiger partial charge is 0.330 e. The molecule has 1 aromatic heterocycles. The number of hydrogen-bond acceptors (Lipinski definition) is 10. The van der Waals surface area contributed by atoms with Crippen molar-refractivity contribution in [2.24, 2.45) is 0 Å². The summed E-state index contributed by atoms with van der Waals surface area (Å²) in [6.07, 6.45) is -9.12. The van der Waals surface area contributed by atoms with Crippen LogP contribution in [0.1, 0.15) is 6.23 Å². The second-order valence-corrected chi connectivity index (χ2v) is 6.10. The molecular weight excluding hydrogens is 356 g/mol. The molecule has 0 radical (unpaired) electrons. The zero-order chi connectivity index (χ0) is 19.0. The van der Waals surface area contributed by atoms with Gasteiger partial charge < -0.3 is 39.7 Å². The summed E-state index contributed by atoms with van der Waals surface area (Å²) in [6.45, 7) is -0.851. The van der Waals surface area contributed by atoms with Crippen LogP contribution in [0.4, 0.5) is 0 Å². The average molecular weight is 376 g/mol. The van der Waals surface area contributed by atoms with E-state index >= 15 is 0 Å². The number of aromatic nitrogens is 2. The first-order valence-corrected chi connectivity index (χ1v) is 7.90. The highest BCUT2D eigenvalue weighted by atomic mass is 16.7. The Balaban J connectivity index is 1.65.